The molecule has 32 heavy (non-hydrogen) atoms. The first-order valence-electron chi connectivity index (χ1n) is 9.84. The monoisotopic (exact) mass is 465 g/mol. The van der Waals surface area contributed by atoms with Gasteiger partial charge in [-0.2, -0.15) is 0 Å². The number of halogens is 1. The molecule has 4 rings (SSSR count). The Hall–Kier alpha value is -3.42. The molecule has 1 heterocycles. The summed E-state index contributed by atoms with van der Waals surface area (Å²) in [4.78, 5) is 17.1. The number of para-hydroxylation sites is 2. The average molecular weight is 466 g/mol. The number of nitrogens with zero attached hydrogens (tertiary/aromatic N) is 1. The Morgan fingerprint density at radius 1 is 1.00 bits per heavy atom. The fourth-order valence-electron chi connectivity index (χ4n) is 3.40. The molecular weight excluding hydrogens is 446 g/mol. The summed E-state index contributed by atoms with van der Waals surface area (Å²) in [6, 6.07) is 20.8. The summed E-state index contributed by atoms with van der Waals surface area (Å²) in [5, 5.41) is 4.03. The van der Waals surface area contributed by atoms with Crippen molar-refractivity contribution in [3.63, 3.8) is 0 Å². The molecule has 0 atom stereocenters. The Kier molecular flexibility index (Phi) is 6.12. The van der Waals surface area contributed by atoms with E-state index in [9.17, 15) is 13.2 Å². The number of aromatic nitrogens is 1. The molecule has 2 N–H and O–H groups in total. The highest BCUT2D eigenvalue weighted by Gasteiger charge is 2.19. The number of hydrogen-bond donors (Lipinski definition) is 2. The molecule has 0 aliphatic carbocycles. The van der Waals surface area contributed by atoms with Crippen molar-refractivity contribution in [1.29, 1.82) is 0 Å². The van der Waals surface area contributed by atoms with E-state index in [1.165, 1.54) is 6.07 Å². The molecule has 8 heteroatoms. The Balaban J connectivity index is 1.56. The normalized spacial score (nSPS) is 11.3. The van der Waals surface area contributed by atoms with Crippen molar-refractivity contribution in [3.05, 3.63) is 95.1 Å². The molecule has 1 aromatic heterocycles. The van der Waals surface area contributed by atoms with Crippen molar-refractivity contribution in [2.75, 3.05) is 10.0 Å². The SMILES string of the molecule is Cc1ccc(NC(=O)Cc2cccc3cccnc23)cc1S(=O)(=O)Nc1ccccc1Cl. The van der Waals surface area contributed by atoms with Crippen molar-refractivity contribution in [3.8, 4) is 0 Å². The van der Waals surface area contributed by atoms with E-state index in [0.29, 0.717) is 16.3 Å². The number of benzene rings is 3. The van der Waals surface area contributed by atoms with Crippen molar-refractivity contribution >= 4 is 49.8 Å². The summed E-state index contributed by atoms with van der Waals surface area (Å²) in [5.41, 5.74) is 2.77. The minimum absolute atomic E-state index is 0.0575. The molecule has 0 aliphatic heterocycles. The number of carbonyl (C=O) groups excluding carboxylic acids is 1. The fourth-order valence-corrected chi connectivity index (χ4v) is 4.99. The third-order valence-corrected chi connectivity index (χ3v) is 6.78. The maximum Gasteiger partial charge on any atom is 0.262 e. The third kappa shape index (κ3) is 4.74. The zero-order valence-electron chi connectivity index (χ0n) is 17.2. The van der Waals surface area contributed by atoms with E-state index < -0.39 is 10.0 Å². The van der Waals surface area contributed by atoms with Crippen LogP contribution in [0.3, 0.4) is 0 Å². The van der Waals surface area contributed by atoms with Crippen molar-refractivity contribution in [2.45, 2.75) is 18.2 Å². The number of aryl methyl sites for hydroxylation is 1. The lowest BCUT2D eigenvalue weighted by molar-refractivity contribution is -0.115. The van der Waals surface area contributed by atoms with Gasteiger partial charge in [0.1, 0.15) is 0 Å². The molecule has 0 fully saturated rings. The number of amides is 1. The van der Waals surface area contributed by atoms with Gasteiger partial charge in [-0.05, 0) is 48.4 Å². The highest BCUT2D eigenvalue weighted by Crippen LogP contribution is 2.27. The lowest BCUT2D eigenvalue weighted by Gasteiger charge is -2.13. The third-order valence-electron chi connectivity index (χ3n) is 4.95. The molecule has 0 saturated heterocycles. The first-order valence-corrected chi connectivity index (χ1v) is 11.7. The van der Waals surface area contributed by atoms with E-state index in [1.54, 1.807) is 49.5 Å². The van der Waals surface area contributed by atoms with Gasteiger partial charge in [0.15, 0.2) is 0 Å². The smallest absolute Gasteiger partial charge is 0.262 e. The van der Waals surface area contributed by atoms with Crippen LogP contribution in [0.15, 0.2) is 83.9 Å². The van der Waals surface area contributed by atoms with Crippen molar-refractivity contribution in [1.82, 2.24) is 4.98 Å². The summed E-state index contributed by atoms with van der Waals surface area (Å²) in [6.07, 6.45) is 1.80. The molecule has 0 saturated carbocycles. The first-order chi connectivity index (χ1) is 15.3. The van der Waals surface area contributed by atoms with Gasteiger partial charge in [-0.15, -0.1) is 0 Å². The Morgan fingerprint density at radius 2 is 1.78 bits per heavy atom. The number of nitrogens with one attached hydrogen (secondary N) is 2. The van der Waals surface area contributed by atoms with E-state index in [0.717, 1.165) is 16.5 Å². The van der Waals surface area contributed by atoms with Crippen LogP contribution in [0.25, 0.3) is 10.9 Å². The summed E-state index contributed by atoms with van der Waals surface area (Å²) >= 11 is 6.09. The fraction of sp³-hybridized carbons (Fsp3) is 0.0833. The summed E-state index contributed by atoms with van der Waals surface area (Å²) in [5.74, 6) is -0.269. The number of hydrogen-bond acceptors (Lipinski definition) is 4. The number of anilines is 2. The second-order valence-electron chi connectivity index (χ2n) is 7.28. The molecular formula is C24H20ClN3O3S. The van der Waals surface area contributed by atoms with E-state index in [4.69, 9.17) is 11.6 Å². The van der Waals surface area contributed by atoms with Crippen LogP contribution in [0.1, 0.15) is 11.1 Å². The number of pyridine rings is 1. The van der Waals surface area contributed by atoms with Crippen LogP contribution in [0.4, 0.5) is 11.4 Å². The molecule has 0 bridgehead atoms. The minimum atomic E-state index is -3.91. The summed E-state index contributed by atoms with van der Waals surface area (Å²) in [6.45, 7) is 1.69. The van der Waals surface area contributed by atoms with Crippen LogP contribution in [0.5, 0.6) is 0 Å². The van der Waals surface area contributed by atoms with Gasteiger partial charge in [-0.25, -0.2) is 8.42 Å². The number of fused-ring (bicyclic) bond motifs is 1. The van der Waals surface area contributed by atoms with Gasteiger partial charge in [0.2, 0.25) is 5.91 Å². The van der Waals surface area contributed by atoms with Gasteiger partial charge in [0.05, 0.1) is 27.5 Å². The molecule has 0 spiro atoms. The lowest BCUT2D eigenvalue weighted by Crippen LogP contribution is -2.17. The van der Waals surface area contributed by atoms with Crippen LogP contribution in [-0.2, 0) is 21.2 Å². The maximum atomic E-state index is 13.0. The van der Waals surface area contributed by atoms with Gasteiger partial charge in [-0.3, -0.25) is 14.5 Å². The molecule has 0 aliphatic rings. The van der Waals surface area contributed by atoms with Crippen molar-refractivity contribution < 1.29 is 13.2 Å². The highest BCUT2D eigenvalue weighted by atomic mass is 35.5. The van der Waals surface area contributed by atoms with Crippen LogP contribution in [0.2, 0.25) is 5.02 Å². The average Bonchev–Trinajstić information content (AvgIpc) is 2.77. The number of rotatable bonds is 6. The first kappa shape index (κ1) is 21.8. The Bertz CT molecular complexity index is 1420. The molecule has 3 aromatic carbocycles. The summed E-state index contributed by atoms with van der Waals surface area (Å²) < 4.78 is 28.4. The zero-order valence-corrected chi connectivity index (χ0v) is 18.7. The van der Waals surface area contributed by atoms with Gasteiger partial charge in [0.25, 0.3) is 10.0 Å². The van der Waals surface area contributed by atoms with Crippen LogP contribution in [0, 0.1) is 6.92 Å². The van der Waals surface area contributed by atoms with Crippen LogP contribution in [-0.4, -0.2) is 19.3 Å². The van der Waals surface area contributed by atoms with Gasteiger partial charge in [0, 0.05) is 17.3 Å². The predicted molar refractivity (Wildman–Crippen MR) is 128 cm³/mol. The second-order valence-corrected chi connectivity index (χ2v) is 9.34. The molecule has 4 aromatic rings. The quantitative estimate of drug-likeness (QED) is 0.410. The largest absolute Gasteiger partial charge is 0.326 e. The van der Waals surface area contributed by atoms with Gasteiger partial charge < -0.3 is 5.32 Å². The maximum absolute atomic E-state index is 13.0. The topological polar surface area (TPSA) is 88.2 Å². The van der Waals surface area contributed by atoms with Crippen LogP contribution < -0.4 is 10.0 Å². The number of carbonyl (C=O) groups is 1. The number of sulfonamides is 1. The molecule has 162 valence electrons. The molecule has 6 nitrogen and oxygen atoms in total. The Morgan fingerprint density at radius 3 is 2.59 bits per heavy atom. The van der Waals surface area contributed by atoms with Gasteiger partial charge >= 0.3 is 0 Å². The van der Waals surface area contributed by atoms with Crippen molar-refractivity contribution in [2.24, 2.45) is 0 Å². The highest BCUT2D eigenvalue weighted by molar-refractivity contribution is 7.92. The molecule has 0 radical (unpaired) electrons. The minimum Gasteiger partial charge on any atom is -0.326 e. The zero-order chi connectivity index (χ0) is 22.7. The standard InChI is InChI=1S/C24H20ClN3O3S/c1-16-11-12-19(15-22(16)32(30,31)28-21-10-3-2-9-20(21)25)27-23(29)14-18-7-4-6-17-8-5-13-26-24(17)18/h2-13,15,28H,14H2,1H3,(H,27,29). The van der Waals surface area contributed by atoms with E-state index in [2.05, 4.69) is 15.0 Å². The predicted octanol–water partition coefficient (Wildman–Crippen LogP) is 5.18. The van der Waals surface area contributed by atoms with Crippen LogP contribution >= 0.6 is 11.6 Å². The second kappa shape index (κ2) is 8.98. The Labute approximate surface area is 191 Å². The van der Waals surface area contributed by atoms with E-state index in [1.807, 2.05) is 30.3 Å². The molecule has 1 amide bonds. The van der Waals surface area contributed by atoms with E-state index >= 15 is 0 Å². The molecule has 0 unspecified atom stereocenters. The van der Waals surface area contributed by atoms with E-state index in [-0.39, 0.29) is 22.9 Å². The van der Waals surface area contributed by atoms with Gasteiger partial charge in [-0.1, -0.05) is 54.1 Å². The summed E-state index contributed by atoms with van der Waals surface area (Å²) in [7, 11) is -3.91. The lowest BCUT2D eigenvalue weighted by atomic mass is 10.1.